The summed E-state index contributed by atoms with van der Waals surface area (Å²) in [7, 11) is 0. The van der Waals surface area contributed by atoms with Crippen molar-refractivity contribution in [3.05, 3.63) is 30.3 Å². The zero-order valence-electron chi connectivity index (χ0n) is 15.5. The molecule has 1 N–H and O–H groups in total. The Bertz CT molecular complexity index is 561. The highest BCUT2D eigenvalue weighted by Gasteiger charge is 2.24. The lowest BCUT2D eigenvalue weighted by molar-refractivity contribution is -0.133. The lowest BCUT2D eigenvalue weighted by Crippen LogP contribution is -2.54. The SMILES string of the molecule is CC(C)(C)CNC(=O)N1CCN(C(=O)CCOc2ccccc2)CC1. The molecule has 138 valence electrons. The molecule has 0 aliphatic carbocycles. The lowest BCUT2D eigenvalue weighted by Gasteiger charge is -2.35. The Morgan fingerprint density at radius 3 is 2.24 bits per heavy atom. The first-order chi connectivity index (χ1) is 11.8. The third-order valence-corrected chi connectivity index (χ3v) is 4.02. The summed E-state index contributed by atoms with van der Waals surface area (Å²) >= 11 is 0. The number of hydrogen-bond donors (Lipinski definition) is 1. The summed E-state index contributed by atoms with van der Waals surface area (Å²) in [6, 6.07) is 9.44. The highest BCUT2D eigenvalue weighted by molar-refractivity contribution is 5.77. The summed E-state index contributed by atoms with van der Waals surface area (Å²) < 4.78 is 5.57. The van der Waals surface area contributed by atoms with Gasteiger partial charge in [-0.15, -0.1) is 0 Å². The van der Waals surface area contributed by atoms with E-state index in [9.17, 15) is 9.59 Å². The van der Waals surface area contributed by atoms with Gasteiger partial charge in [0, 0.05) is 32.7 Å². The van der Waals surface area contributed by atoms with Crippen LogP contribution in [0.25, 0.3) is 0 Å². The molecule has 1 fully saturated rings. The van der Waals surface area contributed by atoms with Crippen LogP contribution in [0, 0.1) is 5.41 Å². The normalized spacial score (nSPS) is 15.0. The largest absolute Gasteiger partial charge is 0.493 e. The second kappa shape index (κ2) is 8.74. The number of piperazine rings is 1. The molecule has 0 atom stereocenters. The highest BCUT2D eigenvalue weighted by atomic mass is 16.5. The van der Waals surface area contributed by atoms with Crippen LogP contribution in [0.5, 0.6) is 5.75 Å². The zero-order valence-corrected chi connectivity index (χ0v) is 15.5. The summed E-state index contributed by atoms with van der Waals surface area (Å²) in [5.74, 6) is 0.848. The van der Waals surface area contributed by atoms with Crippen LogP contribution in [0.15, 0.2) is 30.3 Å². The Labute approximate surface area is 150 Å². The lowest BCUT2D eigenvalue weighted by atomic mass is 9.97. The van der Waals surface area contributed by atoms with E-state index in [4.69, 9.17) is 4.74 Å². The van der Waals surface area contributed by atoms with Gasteiger partial charge in [0.15, 0.2) is 0 Å². The van der Waals surface area contributed by atoms with Crippen molar-refractivity contribution in [2.45, 2.75) is 27.2 Å². The van der Waals surface area contributed by atoms with Crippen molar-refractivity contribution in [2.75, 3.05) is 39.3 Å². The van der Waals surface area contributed by atoms with E-state index in [1.807, 2.05) is 35.2 Å². The average Bonchev–Trinajstić information content (AvgIpc) is 2.60. The summed E-state index contributed by atoms with van der Waals surface area (Å²) in [4.78, 5) is 28.0. The number of benzene rings is 1. The van der Waals surface area contributed by atoms with Gasteiger partial charge in [-0.1, -0.05) is 39.0 Å². The van der Waals surface area contributed by atoms with Gasteiger partial charge in [0.1, 0.15) is 5.75 Å². The molecule has 0 bridgehead atoms. The van der Waals surface area contributed by atoms with Crippen LogP contribution < -0.4 is 10.1 Å². The maximum Gasteiger partial charge on any atom is 0.317 e. The van der Waals surface area contributed by atoms with Gasteiger partial charge in [-0.3, -0.25) is 4.79 Å². The third kappa shape index (κ3) is 6.64. The number of para-hydroxylation sites is 1. The minimum atomic E-state index is -0.0468. The second-order valence-electron chi connectivity index (χ2n) is 7.50. The molecular formula is C19H29N3O3. The van der Waals surface area contributed by atoms with Crippen LogP contribution in [-0.4, -0.2) is 61.1 Å². The molecule has 1 aromatic rings. The van der Waals surface area contributed by atoms with Gasteiger partial charge in [0.2, 0.25) is 5.91 Å². The molecule has 0 radical (unpaired) electrons. The number of urea groups is 1. The molecule has 1 aromatic carbocycles. The fourth-order valence-corrected chi connectivity index (χ4v) is 2.54. The first-order valence-corrected chi connectivity index (χ1v) is 8.83. The van der Waals surface area contributed by atoms with Crippen LogP contribution in [0.4, 0.5) is 4.79 Å². The molecule has 2 rings (SSSR count). The fraction of sp³-hybridized carbons (Fsp3) is 0.579. The van der Waals surface area contributed by atoms with E-state index in [-0.39, 0.29) is 17.4 Å². The maximum absolute atomic E-state index is 12.2. The van der Waals surface area contributed by atoms with E-state index in [1.165, 1.54) is 0 Å². The van der Waals surface area contributed by atoms with Crippen molar-refractivity contribution in [1.29, 1.82) is 0 Å². The van der Waals surface area contributed by atoms with Crippen LogP contribution in [0.1, 0.15) is 27.2 Å². The van der Waals surface area contributed by atoms with Crippen LogP contribution in [-0.2, 0) is 4.79 Å². The predicted octanol–water partition coefficient (Wildman–Crippen LogP) is 2.36. The number of carbonyl (C=O) groups excluding carboxylic acids is 2. The van der Waals surface area contributed by atoms with Crippen molar-refractivity contribution in [3.63, 3.8) is 0 Å². The van der Waals surface area contributed by atoms with Crippen molar-refractivity contribution in [2.24, 2.45) is 5.41 Å². The Morgan fingerprint density at radius 2 is 1.64 bits per heavy atom. The molecular weight excluding hydrogens is 318 g/mol. The summed E-state index contributed by atoms with van der Waals surface area (Å²) in [5, 5.41) is 2.95. The van der Waals surface area contributed by atoms with E-state index in [2.05, 4.69) is 26.1 Å². The van der Waals surface area contributed by atoms with Gasteiger partial charge >= 0.3 is 6.03 Å². The smallest absolute Gasteiger partial charge is 0.317 e. The van der Waals surface area contributed by atoms with E-state index < -0.39 is 0 Å². The molecule has 25 heavy (non-hydrogen) atoms. The Morgan fingerprint density at radius 1 is 1.04 bits per heavy atom. The number of nitrogens with one attached hydrogen (secondary N) is 1. The van der Waals surface area contributed by atoms with E-state index in [0.29, 0.717) is 45.8 Å². The number of rotatable bonds is 5. The number of amides is 3. The number of nitrogens with zero attached hydrogens (tertiary/aromatic N) is 2. The molecule has 0 spiro atoms. The molecule has 1 aliphatic rings. The Hall–Kier alpha value is -2.24. The van der Waals surface area contributed by atoms with Gasteiger partial charge in [-0.2, -0.15) is 0 Å². The Balaban J connectivity index is 1.67. The fourth-order valence-electron chi connectivity index (χ4n) is 2.54. The van der Waals surface area contributed by atoms with Crippen molar-refractivity contribution >= 4 is 11.9 Å². The monoisotopic (exact) mass is 347 g/mol. The first kappa shape index (κ1) is 19.1. The number of carbonyl (C=O) groups is 2. The molecule has 0 unspecified atom stereocenters. The standard InChI is InChI=1S/C19H29N3O3/c1-19(2,3)15-20-18(24)22-12-10-21(11-13-22)17(23)9-14-25-16-7-5-4-6-8-16/h4-8H,9-15H2,1-3H3,(H,20,24). The van der Waals surface area contributed by atoms with Crippen molar-refractivity contribution in [3.8, 4) is 5.75 Å². The van der Waals surface area contributed by atoms with Gasteiger partial charge in [0.05, 0.1) is 13.0 Å². The molecule has 1 saturated heterocycles. The van der Waals surface area contributed by atoms with E-state index in [1.54, 1.807) is 4.90 Å². The Kier molecular flexibility index (Phi) is 6.67. The number of ether oxygens (including phenoxy) is 1. The highest BCUT2D eigenvalue weighted by Crippen LogP contribution is 2.12. The van der Waals surface area contributed by atoms with E-state index in [0.717, 1.165) is 5.75 Å². The molecule has 3 amide bonds. The van der Waals surface area contributed by atoms with Gasteiger partial charge in [-0.05, 0) is 17.5 Å². The molecule has 1 aliphatic heterocycles. The molecule has 6 heteroatoms. The third-order valence-electron chi connectivity index (χ3n) is 4.02. The second-order valence-corrected chi connectivity index (χ2v) is 7.50. The van der Waals surface area contributed by atoms with Crippen LogP contribution in [0.3, 0.4) is 0 Å². The first-order valence-electron chi connectivity index (χ1n) is 8.83. The van der Waals surface area contributed by atoms with Crippen molar-refractivity contribution < 1.29 is 14.3 Å². The quantitative estimate of drug-likeness (QED) is 0.889. The minimum absolute atomic E-state index is 0.0468. The van der Waals surface area contributed by atoms with Gasteiger partial charge in [-0.25, -0.2) is 4.79 Å². The van der Waals surface area contributed by atoms with Gasteiger partial charge in [0.25, 0.3) is 0 Å². The topological polar surface area (TPSA) is 61.9 Å². The summed E-state index contributed by atoms with van der Waals surface area (Å²) in [6.07, 6.45) is 0.352. The average molecular weight is 347 g/mol. The van der Waals surface area contributed by atoms with Crippen LogP contribution in [0.2, 0.25) is 0 Å². The molecule has 0 saturated carbocycles. The summed E-state index contributed by atoms with van der Waals surface area (Å²) in [5.41, 5.74) is 0.0617. The molecule has 1 heterocycles. The summed E-state index contributed by atoms with van der Waals surface area (Å²) in [6.45, 7) is 9.56. The zero-order chi connectivity index (χ0) is 18.3. The number of hydrogen-bond acceptors (Lipinski definition) is 3. The predicted molar refractivity (Wildman–Crippen MR) is 97.6 cm³/mol. The minimum Gasteiger partial charge on any atom is -0.493 e. The molecule has 6 nitrogen and oxygen atoms in total. The molecule has 0 aromatic heterocycles. The van der Waals surface area contributed by atoms with Crippen LogP contribution >= 0.6 is 0 Å². The van der Waals surface area contributed by atoms with E-state index >= 15 is 0 Å². The maximum atomic E-state index is 12.2. The van der Waals surface area contributed by atoms with Gasteiger partial charge < -0.3 is 19.9 Å². The van der Waals surface area contributed by atoms with Crippen molar-refractivity contribution in [1.82, 2.24) is 15.1 Å².